The van der Waals surface area contributed by atoms with E-state index < -0.39 is 6.09 Å². The van der Waals surface area contributed by atoms with Crippen LogP contribution in [0.2, 0.25) is 5.15 Å². The number of carbonyl (C=O) groups is 1. The number of nitrogens with zero attached hydrogens (tertiary/aromatic N) is 3. The second kappa shape index (κ2) is 10.7. The van der Waals surface area contributed by atoms with E-state index in [4.69, 9.17) is 21.1 Å². The maximum absolute atomic E-state index is 13.3. The molecule has 174 valence electrons. The molecule has 1 fully saturated rings. The molecule has 1 aliphatic rings. The number of hydrogen-bond donors (Lipinski definition) is 2. The van der Waals surface area contributed by atoms with Gasteiger partial charge in [-0.2, -0.15) is 0 Å². The Kier molecular flexibility index (Phi) is 7.95. The molecule has 9 nitrogen and oxygen atoms in total. The maximum Gasteiger partial charge on any atom is 0.407 e. The highest BCUT2D eigenvalue weighted by Gasteiger charge is 2.35. The van der Waals surface area contributed by atoms with Crippen LogP contribution in [0.3, 0.4) is 0 Å². The molecule has 2 heterocycles. The molecule has 3 rings (SSSR count). The van der Waals surface area contributed by atoms with E-state index in [-0.39, 0.29) is 35.1 Å². The van der Waals surface area contributed by atoms with Crippen molar-refractivity contribution in [2.45, 2.75) is 52.5 Å². The summed E-state index contributed by atoms with van der Waals surface area (Å²) in [5, 5.41) is 5.95. The van der Waals surface area contributed by atoms with Gasteiger partial charge in [0.15, 0.2) is 5.82 Å². The van der Waals surface area contributed by atoms with Crippen LogP contribution in [-0.2, 0) is 4.74 Å². The molecular weight excluding hydrogens is 434 g/mol. The van der Waals surface area contributed by atoms with E-state index in [1.165, 1.54) is 10.8 Å². The first-order chi connectivity index (χ1) is 15.3. The summed E-state index contributed by atoms with van der Waals surface area (Å²) in [6, 6.07) is 1.53. The third-order valence-corrected chi connectivity index (χ3v) is 5.60. The Morgan fingerprint density at radius 2 is 2.09 bits per heavy atom. The highest BCUT2D eigenvalue weighted by molar-refractivity contribution is 6.29. The molecule has 1 amide bonds. The average Bonchev–Trinajstić information content (AvgIpc) is 3.59. The minimum absolute atomic E-state index is 0.0878. The van der Waals surface area contributed by atoms with E-state index in [2.05, 4.69) is 20.6 Å². The summed E-state index contributed by atoms with van der Waals surface area (Å²) in [4.78, 5) is 33.8. The van der Waals surface area contributed by atoms with Crippen LogP contribution in [0.15, 0.2) is 17.1 Å². The highest BCUT2D eigenvalue weighted by atomic mass is 35.5. The maximum atomic E-state index is 13.3. The predicted octanol–water partition coefficient (Wildman–Crippen LogP) is 4.14. The van der Waals surface area contributed by atoms with Crippen molar-refractivity contribution in [3.8, 4) is 5.88 Å². The predicted molar refractivity (Wildman–Crippen MR) is 123 cm³/mol. The zero-order chi connectivity index (χ0) is 23.3. The van der Waals surface area contributed by atoms with E-state index in [9.17, 15) is 9.59 Å². The summed E-state index contributed by atoms with van der Waals surface area (Å²) < 4.78 is 12.2. The van der Waals surface area contributed by atoms with E-state index in [0.717, 1.165) is 31.2 Å². The molecule has 0 spiro atoms. The first-order valence-corrected chi connectivity index (χ1v) is 11.2. The summed E-state index contributed by atoms with van der Waals surface area (Å²) in [5.74, 6) is 0.854. The first kappa shape index (κ1) is 23.8. The van der Waals surface area contributed by atoms with Crippen LogP contribution >= 0.6 is 11.6 Å². The van der Waals surface area contributed by atoms with Crippen molar-refractivity contribution in [3.05, 3.63) is 39.0 Å². The number of hydrogen-bond acceptors (Lipinski definition) is 7. The van der Waals surface area contributed by atoms with Gasteiger partial charge in [-0.3, -0.25) is 4.79 Å². The number of unbranched alkanes of at least 4 members (excludes halogenated alkanes) is 1. The van der Waals surface area contributed by atoms with Gasteiger partial charge in [0.1, 0.15) is 11.8 Å². The number of nitrogens with one attached hydrogen (secondary N) is 2. The Morgan fingerprint density at radius 1 is 1.34 bits per heavy atom. The molecule has 0 unspecified atom stereocenters. The second-order valence-corrected chi connectivity index (χ2v) is 8.37. The second-order valence-electron chi connectivity index (χ2n) is 7.98. The number of anilines is 2. The summed E-state index contributed by atoms with van der Waals surface area (Å²) in [7, 11) is 1.56. The number of rotatable bonds is 10. The lowest BCUT2D eigenvalue weighted by atomic mass is 10.2. The fourth-order valence-electron chi connectivity index (χ4n) is 3.45. The minimum Gasteiger partial charge on any atom is -0.481 e. The lowest BCUT2D eigenvalue weighted by molar-refractivity contribution is 0.122. The SMILES string of the molecule is CCCCNC(=O)OC[C@@H](C1CC1)n1cc(Cl)nc(Nc2cc(C)c(OC)nc2C)c1=O. The van der Waals surface area contributed by atoms with E-state index >= 15 is 0 Å². The molecule has 2 N–H and O–H groups in total. The van der Waals surface area contributed by atoms with Gasteiger partial charge in [-0.15, -0.1) is 0 Å². The smallest absolute Gasteiger partial charge is 0.407 e. The van der Waals surface area contributed by atoms with Crippen molar-refractivity contribution in [2.75, 3.05) is 25.6 Å². The summed E-state index contributed by atoms with van der Waals surface area (Å²) in [6.07, 6.45) is 4.80. The Morgan fingerprint density at radius 3 is 2.75 bits per heavy atom. The zero-order valence-electron chi connectivity index (χ0n) is 18.9. The highest BCUT2D eigenvalue weighted by Crippen LogP contribution is 2.39. The molecule has 0 aromatic carbocycles. The molecule has 2 aromatic rings. The fraction of sp³-hybridized carbons (Fsp3) is 0.545. The number of halogens is 1. The van der Waals surface area contributed by atoms with Gasteiger partial charge in [0.05, 0.1) is 24.5 Å². The van der Waals surface area contributed by atoms with Crippen molar-refractivity contribution in [3.63, 3.8) is 0 Å². The topological polar surface area (TPSA) is 107 Å². The Balaban J connectivity index is 1.82. The lowest BCUT2D eigenvalue weighted by Crippen LogP contribution is -2.33. The molecule has 32 heavy (non-hydrogen) atoms. The molecule has 0 radical (unpaired) electrons. The van der Waals surface area contributed by atoms with Gasteiger partial charge in [-0.25, -0.2) is 14.8 Å². The molecule has 0 aliphatic heterocycles. The molecule has 1 saturated carbocycles. The van der Waals surface area contributed by atoms with Crippen molar-refractivity contribution >= 4 is 29.2 Å². The first-order valence-electron chi connectivity index (χ1n) is 10.8. The molecule has 10 heteroatoms. The van der Waals surface area contributed by atoms with Gasteiger partial charge in [-0.05, 0) is 45.1 Å². The number of pyridine rings is 1. The average molecular weight is 464 g/mol. The summed E-state index contributed by atoms with van der Waals surface area (Å²) >= 11 is 6.26. The molecule has 1 atom stereocenters. The fourth-order valence-corrected chi connectivity index (χ4v) is 3.64. The van der Waals surface area contributed by atoms with E-state index in [1.54, 1.807) is 7.11 Å². The van der Waals surface area contributed by atoms with Crippen molar-refractivity contribution in [2.24, 2.45) is 5.92 Å². The number of ether oxygens (including phenoxy) is 2. The Bertz CT molecular complexity index is 1020. The number of methoxy groups -OCH3 is 1. The number of amides is 1. The van der Waals surface area contributed by atoms with Gasteiger partial charge < -0.3 is 24.7 Å². The Labute approximate surface area is 192 Å². The van der Waals surface area contributed by atoms with Crippen LogP contribution in [0, 0.1) is 19.8 Å². The van der Waals surface area contributed by atoms with Crippen LogP contribution in [0.1, 0.15) is 49.9 Å². The van der Waals surface area contributed by atoms with Crippen LogP contribution < -0.4 is 20.9 Å². The van der Waals surface area contributed by atoms with Gasteiger partial charge in [0.2, 0.25) is 5.88 Å². The van der Waals surface area contributed by atoms with Gasteiger partial charge >= 0.3 is 6.09 Å². The monoisotopic (exact) mass is 463 g/mol. The van der Waals surface area contributed by atoms with Crippen molar-refractivity contribution < 1.29 is 14.3 Å². The molecule has 2 aromatic heterocycles. The summed E-state index contributed by atoms with van der Waals surface area (Å²) in [6.45, 7) is 6.38. The molecule has 0 bridgehead atoms. The number of alkyl carbamates (subject to hydrolysis) is 1. The van der Waals surface area contributed by atoms with E-state index in [1.807, 2.05) is 26.8 Å². The minimum atomic E-state index is -0.481. The number of carbonyl (C=O) groups excluding carboxylic acids is 1. The quantitative estimate of drug-likeness (QED) is 0.510. The lowest BCUT2D eigenvalue weighted by Gasteiger charge is -2.21. The van der Waals surface area contributed by atoms with Crippen LogP contribution in [0.25, 0.3) is 0 Å². The number of aryl methyl sites for hydroxylation is 2. The van der Waals surface area contributed by atoms with Crippen LogP contribution in [0.5, 0.6) is 5.88 Å². The van der Waals surface area contributed by atoms with Crippen molar-refractivity contribution in [1.29, 1.82) is 0 Å². The van der Waals surface area contributed by atoms with E-state index in [0.29, 0.717) is 23.8 Å². The standard InChI is InChI=1S/C22H30ClN5O4/c1-5-6-9-24-22(30)32-12-17(15-7-8-15)28-11-18(23)27-19(21(28)29)26-16-10-13(2)20(31-4)25-14(16)3/h10-11,15,17H,5-9,12H2,1-4H3,(H,24,30)(H,26,27)/t17-/m0/s1. The van der Waals surface area contributed by atoms with Crippen LogP contribution in [0.4, 0.5) is 16.3 Å². The molecule has 0 saturated heterocycles. The Hall–Kier alpha value is -2.81. The molecule has 1 aliphatic carbocycles. The molecular formula is C22H30ClN5O4. The largest absolute Gasteiger partial charge is 0.481 e. The van der Waals surface area contributed by atoms with Gasteiger partial charge in [0.25, 0.3) is 5.56 Å². The van der Waals surface area contributed by atoms with Crippen LogP contribution in [-0.4, -0.2) is 40.9 Å². The van der Waals surface area contributed by atoms with Crippen molar-refractivity contribution in [1.82, 2.24) is 19.9 Å². The third-order valence-electron chi connectivity index (χ3n) is 5.41. The van der Waals surface area contributed by atoms with Gasteiger partial charge in [-0.1, -0.05) is 24.9 Å². The zero-order valence-corrected chi connectivity index (χ0v) is 19.7. The summed E-state index contributed by atoms with van der Waals surface area (Å²) in [5.41, 5.74) is 1.78. The number of aromatic nitrogens is 3. The third kappa shape index (κ3) is 5.91. The normalized spacial score (nSPS) is 14.0. The van der Waals surface area contributed by atoms with Gasteiger partial charge in [0, 0.05) is 18.3 Å².